The summed E-state index contributed by atoms with van der Waals surface area (Å²) in [5, 5.41) is 17.2. The molecule has 242 valence electrons. The molecule has 0 aliphatic heterocycles. The minimum absolute atomic E-state index is 0.190. The lowest BCUT2D eigenvalue weighted by Crippen LogP contribution is -2.55. The molecule has 0 aromatic heterocycles. The Labute approximate surface area is 267 Å². The highest BCUT2D eigenvalue weighted by Gasteiger charge is 2.31. The molecule has 46 heavy (non-hydrogen) atoms. The molecule has 0 aliphatic rings. The molecule has 0 saturated carbocycles. The quantitative estimate of drug-likeness (QED) is 0.175. The standard InChI is InChI=1S/C35H39N3O8/c1-21(2)33(38-30(41)18-26-17-25(22(3)39)15-16-29(26)46-4)35(45)37-27(19-31(42)43)28(40)20-36-34(44)32(23-11-7-5-8-12-23)24-13-9-6-10-14-24/h5-17,21,27,32-33H,18-20H2,1-4H3,(H,36,44)(H,37,45)(H,38,41)(H,42,43)/t27-,33-/m0/s1. The smallest absolute Gasteiger partial charge is 0.305 e. The Kier molecular flexibility index (Phi) is 12.7. The summed E-state index contributed by atoms with van der Waals surface area (Å²) in [6.45, 7) is 4.24. The molecule has 3 aromatic carbocycles. The predicted molar refractivity (Wildman–Crippen MR) is 170 cm³/mol. The van der Waals surface area contributed by atoms with E-state index in [0.717, 1.165) is 0 Å². The molecule has 0 fully saturated rings. The van der Waals surface area contributed by atoms with E-state index in [1.165, 1.54) is 14.0 Å². The first kappa shape index (κ1) is 35.2. The van der Waals surface area contributed by atoms with E-state index in [-0.39, 0.29) is 12.2 Å². The van der Waals surface area contributed by atoms with Gasteiger partial charge < -0.3 is 25.8 Å². The third-order valence-corrected chi connectivity index (χ3v) is 7.35. The molecule has 0 spiro atoms. The molecule has 3 amide bonds. The highest BCUT2D eigenvalue weighted by Crippen LogP contribution is 2.25. The topological polar surface area (TPSA) is 168 Å². The normalized spacial score (nSPS) is 12.1. The number of carboxylic acids is 1. The van der Waals surface area contributed by atoms with Crippen molar-refractivity contribution in [2.45, 2.75) is 51.6 Å². The number of hydrogen-bond acceptors (Lipinski definition) is 7. The summed E-state index contributed by atoms with van der Waals surface area (Å²) >= 11 is 0. The average Bonchev–Trinajstić information content (AvgIpc) is 3.02. The zero-order valence-corrected chi connectivity index (χ0v) is 26.2. The van der Waals surface area contributed by atoms with Gasteiger partial charge in [0.05, 0.1) is 38.5 Å². The maximum absolute atomic E-state index is 13.3. The second-order valence-corrected chi connectivity index (χ2v) is 11.1. The molecule has 11 nitrogen and oxygen atoms in total. The molecular formula is C35H39N3O8. The first-order valence-corrected chi connectivity index (χ1v) is 14.8. The van der Waals surface area contributed by atoms with Gasteiger partial charge in [-0.05, 0) is 42.2 Å². The van der Waals surface area contributed by atoms with E-state index in [0.29, 0.717) is 28.0 Å². The van der Waals surface area contributed by atoms with Gasteiger partial charge in [0, 0.05) is 11.1 Å². The number of ketones is 2. The third-order valence-electron chi connectivity index (χ3n) is 7.35. The van der Waals surface area contributed by atoms with Crippen molar-refractivity contribution < 1.29 is 38.6 Å². The molecule has 0 aliphatic carbocycles. The van der Waals surface area contributed by atoms with Crippen molar-refractivity contribution in [3.63, 3.8) is 0 Å². The van der Waals surface area contributed by atoms with Crippen LogP contribution < -0.4 is 20.7 Å². The molecular weight excluding hydrogens is 590 g/mol. The molecule has 2 atom stereocenters. The molecule has 0 heterocycles. The van der Waals surface area contributed by atoms with Gasteiger partial charge >= 0.3 is 5.97 Å². The van der Waals surface area contributed by atoms with Crippen LogP contribution in [-0.2, 0) is 30.4 Å². The van der Waals surface area contributed by atoms with E-state index >= 15 is 0 Å². The maximum Gasteiger partial charge on any atom is 0.305 e. The molecule has 4 N–H and O–H groups in total. The van der Waals surface area contributed by atoms with Crippen molar-refractivity contribution in [2.75, 3.05) is 13.7 Å². The number of benzene rings is 3. The summed E-state index contributed by atoms with van der Waals surface area (Å²) < 4.78 is 5.31. The number of ether oxygens (including phenoxy) is 1. The highest BCUT2D eigenvalue weighted by atomic mass is 16.5. The van der Waals surface area contributed by atoms with E-state index < -0.39 is 66.4 Å². The van der Waals surface area contributed by atoms with Gasteiger partial charge in [-0.1, -0.05) is 74.5 Å². The van der Waals surface area contributed by atoms with Crippen molar-refractivity contribution in [2.24, 2.45) is 5.92 Å². The number of amides is 3. The fraction of sp³-hybridized carbons (Fsp3) is 0.314. The summed E-state index contributed by atoms with van der Waals surface area (Å²) in [7, 11) is 1.43. The second-order valence-electron chi connectivity index (χ2n) is 11.1. The van der Waals surface area contributed by atoms with Crippen molar-refractivity contribution in [1.29, 1.82) is 0 Å². The van der Waals surface area contributed by atoms with Crippen LogP contribution in [0.4, 0.5) is 0 Å². The molecule has 0 unspecified atom stereocenters. The van der Waals surface area contributed by atoms with Gasteiger partial charge in [-0.25, -0.2) is 0 Å². The zero-order chi connectivity index (χ0) is 33.8. The monoisotopic (exact) mass is 629 g/mol. The third kappa shape index (κ3) is 9.85. The number of nitrogens with one attached hydrogen (secondary N) is 3. The van der Waals surface area contributed by atoms with Crippen molar-refractivity contribution in [3.8, 4) is 5.75 Å². The highest BCUT2D eigenvalue weighted by molar-refractivity contribution is 5.98. The van der Waals surface area contributed by atoms with Gasteiger partial charge in [-0.3, -0.25) is 28.8 Å². The zero-order valence-electron chi connectivity index (χ0n) is 26.2. The fourth-order valence-electron chi connectivity index (χ4n) is 4.94. The Balaban J connectivity index is 1.71. The van der Waals surface area contributed by atoms with Gasteiger partial charge in [-0.15, -0.1) is 0 Å². The van der Waals surface area contributed by atoms with E-state index in [9.17, 15) is 33.9 Å². The Morgan fingerprint density at radius 1 is 0.804 bits per heavy atom. The SMILES string of the molecule is COc1ccc(C(C)=O)cc1CC(=O)N[C@H](C(=O)N[C@@H](CC(=O)O)C(=O)CNC(=O)C(c1ccccc1)c1ccccc1)C(C)C. The van der Waals surface area contributed by atoms with E-state index in [2.05, 4.69) is 16.0 Å². The van der Waals surface area contributed by atoms with Crippen LogP contribution in [0.25, 0.3) is 0 Å². The first-order valence-electron chi connectivity index (χ1n) is 14.8. The van der Waals surface area contributed by atoms with Crippen LogP contribution in [-0.4, -0.2) is 66.1 Å². The van der Waals surface area contributed by atoms with Crippen molar-refractivity contribution >= 4 is 35.3 Å². The van der Waals surface area contributed by atoms with Crippen LogP contribution in [0.3, 0.4) is 0 Å². The first-order chi connectivity index (χ1) is 21.9. The van der Waals surface area contributed by atoms with Gasteiger partial charge in [-0.2, -0.15) is 0 Å². The lowest BCUT2D eigenvalue weighted by Gasteiger charge is -2.25. The van der Waals surface area contributed by atoms with Gasteiger partial charge in [0.15, 0.2) is 11.6 Å². The van der Waals surface area contributed by atoms with Crippen LogP contribution in [0.5, 0.6) is 5.75 Å². The van der Waals surface area contributed by atoms with Crippen LogP contribution in [0.2, 0.25) is 0 Å². The van der Waals surface area contributed by atoms with Gasteiger partial charge in [0.2, 0.25) is 17.7 Å². The molecule has 3 aromatic rings. The molecule has 0 radical (unpaired) electrons. The number of methoxy groups -OCH3 is 1. The van der Waals surface area contributed by atoms with Crippen LogP contribution >= 0.6 is 0 Å². The number of carbonyl (C=O) groups is 6. The Morgan fingerprint density at radius 2 is 1.39 bits per heavy atom. The van der Waals surface area contributed by atoms with Crippen LogP contribution in [0.1, 0.15) is 60.2 Å². The molecule has 3 rings (SSSR count). The number of rotatable bonds is 16. The summed E-state index contributed by atoms with van der Waals surface area (Å²) in [6.07, 6.45) is -0.927. The Morgan fingerprint density at radius 3 is 1.89 bits per heavy atom. The Bertz CT molecular complexity index is 1520. The minimum Gasteiger partial charge on any atom is -0.496 e. The Hall–Kier alpha value is -5.32. The summed E-state index contributed by atoms with van der Waals surface area (Å²) in [5.41, 5.74) is 2.24. The predicted octanol–water partition coefficient (Wildman–Crippen LogP) is 3.06. The van der Waals surface area contributed by atoms with E-state index in [1.807, 2.05) is 12.1 Å². The minimum atomic E-state index is -1.47. The molecule has 0 saturated heterocycles. The number of hydrogen-bond donors (Lipinski definition) is 4. The van der Waals surface area contributed by atoms with E-state index in [1.54, 1.807) is 80.6 Å². The van der Waals surface area contributed by atoms with Crippen LogP contribution in [0.15, 0.2) is 78.9 Å². The van der Waals surface area contributed by atoms with E-state index in [4.69, 9.17) is 4.74 Å². The average molecular weight is 630 g/mol. The lowest BCUT2D eigenvalue weighted by atomic mass is 9.90. The van der Waals surface area contributed by atoms with Crippen molar-refractivity contribution in [1.82, 2.24) is 16.0 Å². The number of aliphatic carboxylic acids is 1. The maximum atomic E-state index is 13.3. The molecule has 0 bridgehead atoms. The summed E-state index contributed by atoms with van der Waals surface area (Å²) in [5.74, 6) is -4.79. The number of carboxylic acid groups (broad SMARTS) is 1. The second kappa shape index (κ2) is 16.7. The summed E-state index contributed by atoms with van der Waals surface area (Å²) in [4.78, 5) is 76.4. The fourth-order valence-corrected chi connectivity index (χ4v) is 4.94. The van der Waals surface area contributed by atoms with Crippen molar-refractivity contribution in [3.05, 3.63) is 101 Å². The molecule has 11 heteroatoms. The number of Topliss-reactive ketones (excluding diaryl/α,β-unsaturated/α-hetero) is 2. The van der Waals surface area contributed by atoms with Crippen LogP contribution in [0, 0.1) is 5.92 Å². The van der Waals surface area contributed by atoms with Gasteiger partial charge in [0.25, 0.3) is 0 Å². The summed E-state index contributed by atoms with van der Waals surface area (Å²) in [6, 6.07) is 20.1. The number of carbonyl (C=O) groups excluding carboxylic acids is 5. The lowest BCUT2D eigenvalue weighted by molar-refractivity contribution is -0.140. The largest absolute Gasteiger partial charge is 0.496 e. The van der Waals surface area contributed by atoms with Gasteiger partial charge in [0.1, 0.15) is 11.8 Å².